The third-order valence-corrected chi connectivity index (χ3v) is 5.95. The molecule has 0 radical (unpaired) electrons. The lowest BCUT2D eigenvalue weighted by molar-refractivity contribution is 0.0924. The highest BCUT2D eigenvalue weighted by molar-refractivity contribution is 6.36. The van der Waals surface area contributed by atoms with Gasteiger partial charge in [-0.1, -0.05) is 35.9 Å². The van der Waals surface area contributed by atoms with Crippen molar-refractivity contribution in [1.29, 1.82) is 0 Å². The minimum atomic E-state index is -0.612. The maximum absolute atomic E-state index is 13.3. The van der Waals surface area contributed by atoms with E-state index < -0.39 is 23.3 Å². The van der Waals surface area contributed by atoms with Gasteiger partial charge in [-0.25, -0.2) is 8.91 Å². The van der Waals surface area contributed by atoms with Gasteiger partial charge >= 0.3 is 0 Å². The van der Waals surface area contributed by atoms with E-state index in [1.807, 2.05) is 32.0 Å². The summed E-state index contributed by atoms with van der Waals surface area (Å²) in [5.41, 5.74) is 3.60. The van der Waals surface area contributed by atoms with Gasteiger partial charge in [0.15, 0.2) is 11.2 Å². The summed E-state index contributed by atoms with van der Waals surface area (Å²) in [5, 5.41) is 16.3. The molecular weight excluding hydrogens is 447 g/mol. The maximum atomic E-state index is 13.3. The molecule has 7 nitrogen and oxygen atoms in total. The molecule has 0 unspecified atom stereocenters. The first-order valence-corrected chi connectivity index (χ1v) is 10.7. The molecule has 0 aliphatic carbocycles. The molecule has 1 atom stereocenters. The van der Waals surface area contributed by atoms with E-state index in [0.29, 0.717) is 11.3 Å². The minimum absolute atomic E-state index is 0.0508. The second-order valence-electron chi connectivity index (χ2n) is 7.84. The zero-order valence-electron chi connectivity index (χ0n) is 18.0. The number of benzene rings is 2. The first-order valence-electron chi connectivity index (χ1n) is 10.3. The molecule has 4 aromatic rings. The number of hydrogen-bond donors (Lipinski definition) is 3. The van der Waals surface area contributed by atoms with Gasteiger partial charge in [0.1, 0.15) is 10.8 Å². The Balaban J connectivity index is 1.70. The van der Waals surface area contributed by atoms with E-state index >= 15 is 0 Å². The van der Waals surface area contributed by atoms with Crippen molar-refractivity contribution in [2.75, 3.05) is 6.61 Å². The van der Waals surface area contributed by atoms with Crippen LogP contribution in [-0.2, 0) is 0 Å². The fourth-order valence-electron chi connectivity index (χ4n) is 3.62. The summed E-state index contributed by atoms with van der Waals surface area (Å²) in [6, 6.07) is 10.8. The molecule has 0 fully saturated rings. The number of H-pyrrole nitrogens is 1. The van der Waals surface area contributed by atoms with E-state index in [2.05, 4.69) is 15.4 Å². The number of rotatable bonds is 6. The first kappa shape index (κ1) is 22.7. The van der Waals surface area contributed by atoms with Crippen molar-refractivity contribution >= 4 is 23.0 Å². The molecule has 170 valence electrons. The number of fused-ring (bicyclic) bond motifs is 1. The number of nitrogens with zero attached hydrogens (tertiary/aromatic N) is 2. The molecular formula is C24H22ClFN4O3. The second-order valence-corrected chi connectivity index (χ2v) is 8.22. The van der Waals surface area contributed by atoms with E-state index in [1.165, 1.54) is 28.8 Å². The molecule has 1 amide bonds. The molecule has 3 N–H and O–H groups in total. The number of nitrogens with one attached hydrogen (secondary N) is 2. The van der Waals surface area contributed by atoms with Gasteiger partial charge in [-0.15, -0.1) is 0 Å². The topological polar surface area (TPSA) is 99.5 Å². The van der Waals surface area contributed by atoms with Crippen LogP contribution in [0.25, 0.3) is 16.8 Å². The number of amides is 1. The van der Waals surface area contributed by atoms with Gasteiger partial charge in [-0.05, 0) is 60.7 Å². The van der Waals surface area contributed by atoms with Gasteiger partial charge in [0.25, 0.3) is 11.5 Å². The molecule has 33 heavy (non-hydrogen) atoms. The smallest absolute Gasteiger partial charge is 0.276 e. The number of aryl methyl sites for hydroxylation is 2. The standard InChI is InChI=1S/C24H22ClFN4O3/c1-13-3-4-16(11-14(13)2)19-12-30-22(24(33)28-19)20(25)21(29-30)23(32)27-18(9-10-31)15-5-7-17(26)8-6-15/h3-8,11-12,18,31H,9-10H2,1-2H3,(H,27,32)(H,28,33)/t18-/m1/s1. The number of aromatic nitrogens is 3. The molecule has 2 aromatic heterocycles. The van der Waals surface area contributed by atoms with Crippen LogP contribution in [0.5, 0.6) is 0 Å². The predicted molar refractivity (Wildman–Crippen MR) is 124 cm³/mol. The fraction of sp³-hybridized carbons (Fsp3) is 0.208. The Morgan fingerprint density at radius 1 is 1.21 bits per heavy atom. The molecule has 0 bridgehead atoms. The molecule has 0 aliphatic heterocycles. The summed E-state index contributed by atoms with van der Waals surface area (Å²) in [7, 11) is 0. The fourth-order valence-corrected chi connectivity index (χ4v) is 3.92. The number of aromatic amines is 1. The van der Waals surface area contributed by atoms with Crippen LogP contribution in [0.4, 0.5) is 4.39 Å². The summed E-state index contributed by atoms with van der Waals surface area (Å²) >= 11 is 6.37. The zero-order chi connectivity index (χ0) is 23.7. The Bertz CT molecular complexity index is 1400. The van der Waals surface area contributed by atoms with Crippen LogP contribution < -0.4 is 10.9 Å². The van der Waals surface area contributed by atoms with Crippen LogP contribution in [0.2, 0.25) is 5.02 Å². The van der Waals surface area contributed by atoms with Crippen LogP contribution >= 0.6 is 11.6 Å². The third kappa shape index (κ3) is 4.53. The quantitative estimate of drug-likeness (QED) is 0.399. The van der Waals surface area contributed by atoms with Crippen molar-refractivity contribution < 1.29 is 14.3 Å². The van der Waals surface area contributed by atoms with E-state index in [-0.39, 0.29) is 29.3 Å². The largest absolute Gasteiger partial charge is 0.396 e. The zero-order valence-corrected chi connectivity index (χ0v) is 18.8. The van der Waals surface area contributed by atoms with Crippen LogP contribution in [-0.4, -0.2) is 32.2 Å². The third-order valence-electron chi connectivity index (χ3n) is 5.60. The first-order chi connectivity index (χ1) is 15.8. The van der Waals surface area contributed by atoms with Gasteiger partial charge in [-0.2, -0.15) is 5.10 Å². The van der Waals surface area contributed by atoms with Crippen molar-refractivity contribution in [2.24, 2.45) is 0 Å². The van der Waals surface area contributed by atoms with Crippen LogP contribution in [0.3, 0.4) is 0 Å². The van der Waals surface area contributed by atoms with Crippen molar-refractivity contribution in [3.63, 3.8) is 0 Å². The minimum Gasteiger partial charge on any atom is -0.396 e. The monoisotopic (exact) mass is 468 g/mol. The Morgan fingerprint density at radius 2 is 1.94 bits per heavy atom. The highest BCUT2D eigenvalue weighted by Crippen LogP contribution is 2.25. The summed E-state index contributed by atoms with van der Waals surface area (Å²) in [6.07, 6.45) is 1.81. The molecule has 0 saturated heterocycles. The highest BCUT2D eigenvalue weighted by Gasteiger charge is 2.23. The average molecular weight is 469 g/mol. The van der Waals surface area contributed by atoms with Crippen LogP contribution in [0.15, 0.2) is 53.5 Å². The van der Waals surface area contributed by atoms with Crippen molar-refractivity contribution in [3.05, 3.63) is 92.2 Å². The van der Waals surface area contributed by atoms with Gasteiger partial charge in [-0.3, -0.25) is 9.59 Å². The lowest BCUT2D eigenvalue weighted by Gasteiger charge is -2.17. The van der Waals surface area contributed by atoms with E-state index in [1.54, 1.807) is 6.20 Å². The number of carbonyl (C=O) groups excluding carboxylic acids is 1. The van der Waals surface area contributed by atoms with Crippen LogP contribution in [0, 0.1) is 19.7 Å². The molecule has 0 spiro atoms. The van der Waals surface area contributed by atoms with E-state index in [4.69, 9.17) is 11.6 Å². The number of carbonyl (C=O) groups is 1. The summed E-state index contributed by atoms with van der Waals surface area (Å²) < 4.78 is 14.6. The van der Waals surface area contributed by atoms with E-state index in [0.717, 1.165) is 16.7 Å². The lowest BCUT2D eigenvalue weighted by Crippen LogP contribution is -2.29. The van der Waals surface area contributed by atoms with Gasteiger partial charge in [0, 0.05) is 6.61 Å². The van der Waals surface area contributed by atoms with Gasteiger partial charge < -0.3 is 15.4 Å². The van der Waals surface area contributed by atoms with Gasteiger partial charge in [0.05, 0.1) is 17.9 Å². The Hall–Kier alpha value is -3.49. The number of halogens is 2. The Kier molecular flexibility index (Phi) is 6.31. The second kappa shape index (κ2) is 9.17. The van der Waals surface area contributed by atoms with Crippen molar-refractivity contribution in [1.82, 2.24) is 19.9 Å². The number of aliphatic hydroxyl groups excluding tert-OH is 1. The number of hydrogen-bond acceptors (Lipinski definition) is 4. The number of aliphatic hydroxyl groups is 1. The molecule has 4 rings (SSSR count). The Labute approximate surface area is 193 Å². The summed E-state index contributed by atoms with van der Waals surface area (Å²) in [4.78, 5) is 28.5. The summed E-state index contributed by atoms with van der Waals surface area (Å²) in [6.45, 7) is 3.78. The Morgan fingerprint density at radius 3 is 2.61 bits per heavy atom. The SMILES string of the molecule is Cc1ccc(-c2cn3nc(C(=O)N[C@H](CCO)c4ccc(F)cc4)c(Cl)c3c(=O)[nH]2)cc1C. The molecule has 2 aromatic carbocycles. The highest BCUT2D eigenvalue weighted by atomic mass is 35.5. The predicted octanol–water partition coefficient (Wildman–Crippen LogP) is 3.95. The lowest BCUT2D eigenvalue weighted by atomic mass is 10.0. The normalized spacial score (nSPS) is 12.2. The van der Waals surface area contributed by atoms with Crippen molar-refractivity contribution in [3.8, 4) is 11.3 Å². The molecule has 2 heterocycles. The summed E-state index contributed by atoms with van der Waals surface area (Å²) in [5.74, 6) is -1.02. The molecule has 0 saturated carbocycles. The average Bonchev–Trinajstić information content (AvgIpc) is 3.13. The van der Waals surface area contributed by atoms with Gasteiger partial charge in [0.2, 0.25) is 0 Å². The van der Waals surface area contributed by atoms with Crippen LogP contribution in [0.1, 0.15) is 39.6 Å². The van der Waals surface area contributed by atoms with Crippen molar-refractivity contribution in [2.45, 2.75) is 26.3 Å². The maximum Gasteiger partial charge on any atom is 0.276 e. The molecule has 9 heteroatoms. The van der Waals surface area contributed by atoms with E-state index in [9.17, 15) is 19.1 Å². The molecule has 0 aliphatic rings.